The molecule has 2 amide bonds. The quantitative estimate of drug-likeness (QED) is 0.153. The predicted octanol–water partition coefficient (Wildman–Crippen LogP) is 7.48. The number of nitrogens with zero attached hydrogens (tertiary/aromatic N) is 2. The molecule has 1 aromatic heterocycles. The summed E-state index contributed by atoms with van der Waals surface area (Å²) in [5.41, 5.74) is 1.16. The van der Waals surface area contributed by atoms with Crippen molar-refractivity contribution in [2.75, 3.05) is 11.9 Å². The largest absolute Gasteiger partial charge is 0.416 e. The first-order valence-electron chi connectivity index (χ1n) is 14.9. The van der Waals surface area contributed by atoms with Crippen molar-refractivity contribution in [3.8, 4) is 5.69 Å². The number of fused-ring (bicyclic) bond motifs is 1. The smallest absolute Gasteiger partial charge is 0.416 e. The van der Waals surface area contributed by atoms with Crippen LogP contribution < -0.4 is 10.6 Å². The summed E-state index contributed by atoms with van der Waals surface area (Å²) in [5.74, 6) is -2.41. The molecule has 2 atom stereocenters. The lowest BCUT2D eigenvalue weighted by Crippen LogP contribution is -2.50. The number of anilines is 1. The van der Waals surface area contributed by atoms with Gasteiger partial charge in [0, 0.05) is 30.1 Å². The molecule has 12 heteroatoms. The van der Waals surface area contributed by atoms with Gasteiger partial charge in [-0.1, -0.05) is 57.2 Å². The van der Waals surface area contributed by atoms with Crippen LogP contribution in [0.25, 0.3) is 5.69 Å². The lowest BCUT2D eigenvalue weighted by Gasteiger charge is -2.36. The van der Waals surface area contributed by atoms with E-state index in [2.05, 4.69) is 44.5 Å². The minimum Gasteiger partial charge on any atom is -0.416 e. The minimum atomic E-state index is -4.66. The molecule has 0 radical (unpaired) electrons. The van der Waals surface area contributed by atoms with Gasteiger partial charge in [-0.25, -0.2) is 9.07 Å². The van der Waals surface area contributed by atoms with E-state index in [1.54, 1.807) is 4.68 Å². The standard InChI is InChI=1S/C34H36F4N4O3Si/c1-33(2,3)46(4,5)45-19-18-26-28-27(21-14-16-24(35)17-15-21)29(39-31(43)22-10-9-11-23(20-22)34(36,37)38)32(44)40-30(28)42(41-26)25-12-7-6-8-13-25/h6-17,20,27,29H,18-19H2,1-5H3,(H,39,43)(H,40,44)/t27-,29-/m1/s1. The second kappa shape index (κ2) is 12.5. The molecule has 0 saturated heterocycles. The van der Waals surface area contributed by atoms with E-state index >= 15 is 0 Å². The van der Waals surface area contributed by atoms with Crippen LogP contribution in [0.3, 0.4) is 0 Å². The van der Waals surface area contributed by atoms with Gasteiger partial charge < -0.3 is 15.1 Å². The fraction of sp³-hybridized carbons (Fsp3) is 0.324. The van der Waals surface area contributed by atoms with Crippen molar-refractivity contribution < 1.29 is 31.6 Å². The van der Waals surface area contributed by atoms with Crippen molar-refractivity contribution in [2.24, 2.45) is 0 Å². The first-order valence-corrected chi connectivity index (χ1v) is 17.8. The zero-order chi connectivity index (χ0) is 33.4. The molecule has 0 fully saturated rings. The number of nitrogens with one attached hydrogen (secondary N) is 2. The average Bonchev–Trinajstić information content (AvgIpc) is 3.35. The van der Waals surface area contributed by atoms with Gasteiger partial charge in [-0.15, -0.1) is 0 Å². The zero-order valence-electron chi connectivity index (χ0n) is 26.2. The number of halogens is 4. The number of hydrogen-bond donors (Lipinski definition) is 2. The van der Waals surface area contributed by atoms with Crippen molar-refractivity contribution in [2.45, 2.75) is 63.5 Å². The molecule has 0 aliphatic carbocycles. The van der Waals surface area contributed by atoms with E-state index in [0.29, 0.717) is 41.4 Å². The summed E-state index contributed by atoms with van der Waals surface area (Å²) < 4.78 is 62.4. The van der Waals surface area contributed by atoms with Gasteiger partial charge in [0.25, 0.3) is 5.91 Å². The molecular formula is C34H36F4N4O3Si. The van der Waals surface area contributed by atoms with Gasteiger partial charge in [0.2, 0.25) is 5.91 Å². The molecule has 242 valence electrons. The summed E-state index contributed by atoms with van der Waals surface area (Å²) in [6.45, 7) is 11.1. The fourth-order valence-corrected chi connectivity index (χ4v) is 6.28. The monoisotopic (exact) mass is 652 g/mol. The summed E-state index contributed by atoms with van der Waals surface area (Å²) >= 11 is 0. The molecule has 0 unspecified atom stereocenters. The van der Waals surface area contributed by atoms with Crippen molar-refractivity contribution in [3.63, 3.8) is 0 Å². The highest BCUT2D eigenvalue weighted by Gasteiger charge is 2.43. The lowest BCUT2D eigenvalue weighted by molar-refractivity contribution is -0.137. The Kier molecular flexibility index (Phi) is 8.98. The molecule has 0 bridgehead atoms. The molecule has 7 nitrogen and oxygen atoms in total. The Bertz CT molecular complexity index is 1730. The Balaban J connectivity index is 1.60. The number of alkyl halides is 3. The number of para-hydroxylation sites is 1. The maximum absolute atomic E-state index is 14.1. The SMILES string of the molecule is CC(C)(C)[Si](C)(C)OCCc1nn(-c2ccccc2)c2c1[C@@H](c1ccc(F)cc1)[C@@H](NC(=O)c1cccc(C(F)(F)F)c1)C(=O)N2. The number of hydrogen-bond acceptors (Lipinski definition) is 4. The van der Waals surface area contributed by atoms with Crippen LogP contribution in [0.1, 0.15) is 59.4 Å². The van der Waals surface area contributed by atoms with Crippen molar-refractivity contribution in [1.82, 2.24) is 15.1 Å². The molecule has 5 rings (SSSR count). The maximum atomic E-state index is 14.1. The van der Waals surface area contributed by atoms with Crippen molar-refractivity contribution >= 4 is 25.9 Å². The Morgan fingerprint density at radius 2 is 1.67 bits per heavy atom. The molecule has 1 aliphatic rings. The molecule has 3 aromatic carbocycles. The van der Waals surface area contributed by atoms with Crippen LogP contribution in [0.2, 0.25) is 18.1 Å². The van der Waals surface area contributed by atoms with Crippen molar-refractivity contribution in [3.05, 3.63) is 113 Å². The molecule has 2 heterocycles. The second-order valence-corrected chi connectivity index (χ2v) is 17.7. The van der Waals surface area contributed by atoms with E-state index in [0.717, 1.165) is 18.2 Å². The van der Waals surface area contributed by atoms with E-state index in [4.69, 9.17) is 9.52 Å². The predicted molar refractivity (Wildman–Crippen MR) is 170 cm³/mol. The summed E-state index contributed by atoms with van der Waals surface area (Å²) in [5, 5.41) is 10.4. The molecule has 1 aliphatic heterocycles. The first kappa shape index (κ1) is 33.1. The van der Waals surface area contributed by atoms with E-state index in [-0.39, 0.29) is 10.6 Å². The number of aromatic nitrogens is 2. The zero-order valence-corrected chi connectivity index (χ0v) is 27.2. The van der Waals surface area contributed by atoms with E-state index in [1.165, 1.54) is 30.3 Å². The van der Waals surface area contributed by atoms with Gasteiger partial charge in [-0.05, 0) is 66.2 Å². The normalized spacial score (nSPS) is 16.9. The first-order chi connectivity index (χ1) is 21.6. The Morgan fingerprint density at radius 3 is 2.30 bits per heavy atom. The third kappa shape index (κ3) is 6.77. The Labute approximate surface area is 266 Å². The van der Waals surface area contributed by atoms with E-state index in [1.807, 2.05) is 30.3 Å². The van der Waals surface area contributed by atoms with Crippen LogP contribution >= 0.6 is 0 Å². The molecule has 0 saturated carbocycles. The van der Waals surface area contributed by atoms with Crippen LogP contribution in [0.15, 0.2) is 78.9 Å². The summed E-state index contributed by atoms with van der Waals surface area (Å²) in [6.07, 6.45) is -4.28. The van der Waals surface area contributed by atoms with Crippen LogP contribution in [0.5, 0.6) is 0 Å². The highest BCUT2D eigenvalue weighted by atomic mass is 28.4. The van der Waals surface area contributed by atoms with Gasteiger partial charge in [-0.3, -0.25) is 9.59 Å². The molecule has 46 heavy (non-hydrogen) atoms. The third-order valence-electron chi connectivity index (χ3n) is 8.74. The fourth-order valence-electron chi connectivity index (χ4n) is 5.23. The van der Waals surface area contributed by atoms with Gasteiger partial charge in [-0.2, -0.15) is 18.3 Å². The van der Waals surface area contributed by atoms with Crippen LogP contribution in [-0.4, -0.2) is 42.6 Å². The highest BCUT2D eigenvalue weighted by molar-refractivity contribution is 6.74. The summed E-state index contributed by atoms with van der Waals surface area (Å²) in [7, 11) is -2.12. The summed E-state index contributed by atoms with van der Waals surface area (Å²) in [4.78, 5) is 27.2. The van der Waals surface area contributed by atoms with E-state index in [9.17, 15) is 27.2 Å². The van der Waals surface area contributed by atoms with E-state index < -0.39 is 49.6 Å². The van der Waals surface area contributed by atoms with Gasteiger partial charge >= 0.3 is 6.18 Å². The van der Waals surface area contributed by atoms with Gasteiger partial charge in [0.15, 0.2) is 8.32 Å². The minimum absolute atomic E-state index is 0.0285. The van der Waals surface area contributed by atoms with Gasteiger partial charge in [0.1, 0.15) is 17.7 Å². The number of carbonyl (C=O) groups excluding carboxylic acids is 2. The molecule has 0 spiro atoms. The molecular weight excluding hydrogens is 616 g/mol. The lowest BCUT2D eigenvalue weighted by atomic mass is 9.81. The maximum Gasteiger partial charge on any atom is 0.416 e. The van der Waals surface area contributed by atoms with Crippen molar-refractivity contribution in [1.29, 1.82) is 0 Å². The number of rotatable bonds is 8. The number of benzene rings is 3. The summed E-state index contributed by atoms with van der Waals surface area (Å²) in [6, 6.07) is 17.5. The second-order valence-electron chi connectivity index (χ2n) is 12.9. The van der Waals surface area contributed by atoms with Crippen LogP contribution in [-0.2, 0) is 21.8 Å². The van der Waals surface area contributed by atoms with Crippen LogP contribution in [0.4, 0.5) is 23.4 Å². The van der Waals surface area contributed by atoms with Gasteiger partial charge in [0.05, 0.1) is 16.9 Å². The third-order valence-corrected chi connectivity index (χ3v) is 13.3. The molecule has 4 aromatic rings. The Morgan fingerprint density at radius 1 is 1.00 bits per heavy atom. The Hall–Kier alpha value is -4.29. The highest BCUT2D eigenvalue weighted by Crippen LogP contribution is 2.42. The molecule has 2 N–H and O–H groups in total. The number of amides is 2. The van der Waals surface area contributed by atoms with Crippen LogP contribution in [0, 0.1) is 5.82 Å². The number of carbonyl (C=O) groups is 2. The topological polar surface area (TPSA) is 85.2 Å². The average molecular weight is 653 g/mol.